The predicted octanol–water partition coefficient (Wildman–Crippen LogP) is 5.00. The first-order valence-electron chi connectivity index (χ1n) is 17.8. The largest absolute Gasteiger partial charge is 0.484 e. The number of imidazole rings is 2. The molecule has 3 N–H and O–H groups in total. The molecule has 274 valence electrons. The Bertz CT molecular complexity index is 1890. The number of alkyl carbamates (subject to hydrolysis) is 1. The number of aromatic nitrogens is 4. The van der Waals surface area contributed by atoms with Crippen LogP contribution in [0.5, 0.6) is 0 Å². The fourth-order valence-corrected chi connectivity index (χ4v) is 6.57. The molecule has 52 heavy (non-hydrogen) atoms. The summed E-state index contributed by atoms with van der Waals surface area (Å²) < 4.78 is 9.95. The zero-order valence-corrected chi connectivity index (χ0v) is 30.9. The van der Waals surface area contributed by atoms with Gasteiger partial charge in [-0.15, -0.1) is 0 Å². The van der Waals surface area contributed by atoms with Gasteiger partial charge in [0.05, 0.1) is 44.4 Å². The predicted molar refractivity (Wildman–Crippen MR) is 197 cm³/mol. The summed E-state index contributed by atoms with van der Waals surface area (Å²) in [4.78, 5) is 62.8. The van der Waals surface area contributed by atoms with Gasteiger partial charge in [-0.1, -0.05) is 45.7 Å². The summed E-state index contributed by atoms with van der Waals surface area (Å²) in [5.41, 5.74) is 3.20. The summed E-state index contributed by atoms with van der Waals surface area (Å²) in [5.74, 6) is 13.6. The molecule has 3 amide bonds. The van der Waals surface area contributed by atoms with Crippen LogP contribution in [0, 0.1) is 35.5 Å². The van der Waals surface area contributed by atoms with Crippen LogP contribution in [0.1, 0.15) is 95.3 Å². The first kappa shape index (κ1) is 37.7. The molecule has 13 heteroatoms. The van der Waals surface area contributed by atoms with E-state index >= 15 is 0 Å². The number of ether oxygens (including phenoxy) is 2. The molecule has 2 aliphatic rings. The van der Waals surface area contributed by atoms with E-state index in [0.29, 0.717) is 36.3 Å². The van der Waals surface area contributed by atoms with Crippen molar-refractivity contribution in [3.05, 3.63) is 59.6 Å². The molecule has 3 aromatic rings. The minimum absolute atomic E-state index is 0.0265. The van der Waals surface area contributed by atoms with Crippen molar-refractivity contribution in [2.24, 2.45) is 16.8 Å². The lowest BCUT2D eigenvalue weighted by molar-refractivity contribution is -0.136. The number of hydrogen-bond acceptors (Lipinski definition) is 8. The molecule has 1 aromatic carbocycles. The van der Waals surface area contributed by atoms with Gasteiger partial charge in [-0.05, 0) is 73.0 Å². The second kappa shape index (κ2) is 17.1. The average Bonchev–Trinajstić information content (AvgIpc) is 3.97. The Kier molecular flexibility index (Phi) is 12.4. The Hall–Kier alpha value is -5.56. The van der Waals surface area contributed by atoms with Crippen LogP contribution in [0.2, 0.25) is 0 Å². The second-order valence-corrected chi connectivity index (χ2v) is 13.7. The van der Waals surface area contributed by atoms with Gasteiger partial charge in [0, 0.05) is 25.6 Å². The molecule has 5 rings (SSSR count). The number of hydrogen-bond donors (Lipinski definition) is 3. The third kappa shape index (κ3) is 8.83. The van der Waals surface area contributed by atoms with Crippen molar-refractivity contribution in [3.8, 4) is 34.9 Å². The van der Waals surface area contributed by atoms with Crippen LogP contribution in [0.4, 0.5) is 4.79 Å². The summed E-state index contributed by atoms with van der Waals surface area (Å²) >= 11 is 0. The summed E-state index contributed by atoms with van der Waals surface area (Å²) in [5, 5.41) is 2.68. The number of carbonyl (C=O) groups excluding carboxylic acids is 3. The summed E-state index contributed by atoms with van der Waals surface area (Å²) in [6, 6.07) is 6.19. The topological polar surface area (TPSA) is 158 Å². The van der Waals surface area contributed by atoms with Gasteiger partial charge < -0.3 is 34.6 Å². The quantitative estimate of drug-likeness (QED) is 0.160. The van der Waals surface area contributed by atoms with E-state index in [4.69, 9.17) is 9.47 Å². The first-order valence-corrected chi connectivity index (χ1v) is 17.8. The molecular weight excluding hydrogens is 660 g/mol. The van der Waals surface area contributed by atoms with Crippen LogP contribution in [0.25, 0.3) is 11.3 Å². The Morgan fingerprint density at radius 3 is 2.08 bits per heavy atom. The fourth-order valence-electron chi connectivity index (χ4n) is 6.57. The standard InChI is InChI=1S/C39H48N8O5/c1-24(2)33(42-26(5)51-6)37(48)46-20-10-14-31(46)35-40-22-29(43-35)13-9-8-12-27-16-18-28(19-17-27)30-23-41-36(44-30)32-15-11-21-47(32)38(49)34(25(3)4)45-39(50)52-7/h16-19,22-25,31-34H,10-11,14-15,20-21H2,1-7H3,(H,40,43)(H,41,44)(H,45,50). The molecule has 2 fully saturated rings. The molecule has 0 bridgehead atoms. The van der Waals surface area contributed by atoms with Crippen molar-refractivity contribution in [1.29, 1.82) is 0 Å². The summed E-state index contributed by atoms with van der Waals surface area (Å²) in [7, 11) is 2.84. The van der Waals surface area contributed by atoms with E-state index in [9.17, 15) is 14.4 Å². The van der Waals surface area contributed by atoms with Crippen molar-refractivity contribution < 1.29 is 23.9 Å². The minimum atomic E-state index is -0.688. The van der Waals surface area contributed by atoms with Crippen molar-refractivity contribution in [1.82, 2.24) is 35.1 Å². The van der Waals surface area contributed by atoms with E-state index in [1.807, 2.05) is 56.9 Å². The average molecular weight is 709 g/mol. The lowest BCUT2D eigenvalue weighted by Gasteiger charge is -2.30. The van der Waals surface area contributed by atoms with Gasteiger partial charge in [-0.3, -0.25) is 9.59 Å². The number of likely N-dealkylation sites (tertiary alicyclic amines) is 2. The molecule has 0 saturated carbocycles. The molecule has 0 aliphatic carbocycles. The number of benzene rings is 1. The Morgan fingerprint density at radius 1 is 0.846 bits per heavy atom. The lowest BCUT2D eigenvalue weighted by Crippen LogP contribution is -2.51. The first-order chi connectivity index (χ1) is 25.0. The number of carbonyl (C=O) groups is 3. The van der Waals surface area contributed by atoms with Gasteiger partial charge in [0.25, 0.3) is 0 Å². The number of amides is 3. The monoisotopic (exact) mass is 708 g/mol. The van der Waals surface area contributed by atoms with Gasteiger partial charge >= 0.3 is 6.09 Å². The number of aliphatic imine (C=N–C) groups is 1. The number of nitrogens with one attached hydrogen (secondary N) is 3. The van der Waals surface area contributed by atoms with E-state index < -0.39 is 18.2 Å². The highest BCUT2D eigenvalue weighted by molar-refractivity contribution is 5.87. The highest BCUT2D eigenvalue weighted by Gasteiger charge is 2.38. The van der Waals surface area contributed by atoms with Crippen LogP contribution >= 0.6 is 0 Å². The normalized spacial score (nSPS) is 18.4. The number of rotatable bonds is 9. The molecule has 4 atom stereocenters. The fraction of sp³-hybridized carbons (Fsp3) is 0.487. The van der Waals surface area contributed by atoms with Gasteiger partial charge in [0.15, 0.2) is 5.90 Å². The Balaban J connectivity index is 1.21. The molecule has 2 saturated heterocycles. The number of aromatic amines is 2. The van der Waals surface area contributed by atoms with E-state index in [2.05, 4.69) is 53.9 Å². The molecule has 4 unspecified atom stereocenters. The summed E-state index contributed by atoms with van der Waals surface area (Å²) in [6.45, 7) is 10.8. The van der Waals surface area contributed by atoms with Crippen molar-refractivity contribution in [2.45, 2.75) is 84.5 Å². The van der Waals surface area contributed by atoms with E-state index in [1.54, 1.807) is 31.3 Å². The van der Waals surface area contributed by atoms with Gasteiger partial charge in [0.2, 0.25) is 11.8 Å². The van der Waals surface area contributed by atoms with E-state index in [-0.39, 0.29) is 35.7 Å². The van der Waals surface area contributed by atoms with Gasteiger partial charge in [0.1, 0.15) is 29.4 Å². The lowest BCUT2D eigenvalue weighted by atomic mass is 10.0. The van der Waals surface area contributed by atoms with Crippen LogP contribution < -0.4 is 5.32 Å². The molecule has 2 aromatic heterocycles. The maximum atomic E-state index is 13.5. The molecule has 4 heterocycles. The van der Waals surface area contributed by atoms with Crippen LogP contribution in [-0.2, 0) is 19.1 Å². The molecule has 0 radical (unpaired) electrons. The smallest absolute Gasteiger partial charge is 0.407 e. The van der Waals surface area contributed by atoms with Gasteiger partial charge in [-0.25, -0.2) is 19.8 Å². The molecule has 2 aliphatic heterocycles. The van der Waals surface area contributed by atoms with Crippen LogP contribution in [0.15, 0.2) is 41.7 Å². The zero-order valence-electron chi connectivity index (χ0n) is 30.9. The second-order valence-electron chi connectivity index (χ2n) is 13.7. The summed E-state index contributed by atoms with van der Waals surface area (Å²) in [6.07, 6.45) is 6.14. The third-order valence-corrected chi connectivity index (χ3v) is 9.45. The maximum Gasteiger partial charge on any atom is 0.407 e. The molecule has 0 spiro atoms. The van der Waals surface area contributed by atoms with Gasteiger partial charge in [-0.2, -0.15) is 0 Å². The third-order valence-electron chi connectivity index (χ3n) is 9.45. The highest BCUT2D eigenvalue weighted by atomic mass is 16.5. The van der Waals surface area contributed by atoms with E-state index in [0.717, 1.165) is 42.5 Å². The minimum Gasteiger partial charge on any atom is -0.484 e. The highest BCUT2D eigenvalue weighted by Crippen LogP contribution is 2.33. The zero-order chi connectivity index (χ0) is 37.4. The Labute approximate surface area is 305 Å². The number of H-pyrrole nitrogens is 2. The van der Waals surface area contributed by atoms with Crippen LogP contribution in [0.3, 0.4) is 0 Å². The molecule has 13 nitrogen and oxygen atoms in total. The maximum absolute atomic E-state index is 13.5. The number of methoxy groups -OCH3 is 2. The van der Waals surface area contributed by atoms with Crippen LogP contribution in [-0.4, -0.2) is 92.9 Å². The number of nitrogens with zero attached hydrogens (tertiary/aromatic N) is 5. The molecular formula is C39H48N8O5. The van der Waals surface area contributed by atoms with Crippen molar-refractivity contribution in [2.75, 3.05) is 27.3 Å². The van der Waals surface area contributed by atoms with Crippen molar-refractivity contribution >= 4 is 23.8 Å². The van der Waals surface area contributed by atoms with Crippen molar-refractivity contribution in [3.63, 3.8) is 0 Å². The van der Waals surface area contributed by atoms with E-state index in [1.165, 1.54) is 7.11 Å². The Morgan fingerprint density at radius 2 is 1.46 bits per heavy atom. The SMILES string of the molecule is COC(=O)NC(C(=O)N1CCCC1c1ncc(-c2ccc(C#CC#Cc3cnc(C4CCCN4C(=O)C(N=C(C)OC)C(C)C)[nH]3)cc2)[nH]1)C(C)C.